The zero-order valence-electron chi connectivity index (χ0n) is 10.2. The molecule has 0 saturated carbocycles. The second-order valence-electron chi connectivity index (χ2n) is 4.13. The largest absolute Gasteiger partial charge is 0.332 e. The molecule has 3 N–H and O–H groups in total. The lowest BCUT2D eigenvalue weighted by molar-refractivity contribution is 0.738. The van der Waals surface area contributed by atoms with Gasteiger partial charge in [-0.25, -0.2) is 4.98 Å². The van der Waals surface area contributed by atoms with E-state index in [1.807, 2.05) is 16.0 Å². The zero-order valence-corrected chi connectivity index (χ0v) is 13.9. The molecule has 0 amide bonds. The van der Waals surface area contributed by atoms with Crippen LogP contribution in [0.25, 0.3) is 21.6 Å². The molecule has 0 radical (unpaired) electrons. The molecule has 0 atom stereocenters. The number of nitrogens with two attached hydrogens (primary N) is 1. The number of rotatable bonds is 3. The van der Waals surface area contributed by atoms with Crippen LogP contribution in [0.2, 0.25) is 5.02 Å². The summed E-state index contributed by atoms with van der Waals surface area (Å²) in [5.41, 5.74) is 7.66. The highest BCUT2D eigenvalue weighted by Gasteiger charge is 2.22. The van der Waals surface area contributed by atoms with Crippen LogP contribution < -0.4 is 11.3 Å². The van der Waals surface area contributed by atoms with Gasteiger partial charge in [0.15, 0.2) is 0 Å². The van der Waals surface area contributed by atoms with Crippen LogP contribution in [-0.2, 0) is 6.54 Å². The van der Waals surface area contributed by atoms with Gasteiger partial charge in [-0.1, -0.05) is 11.6 Å². The Bertz CT molecular complexity index is 838. The number of hydrogen-bond donors (Lipinski definition) is 2. The maximum Gasteiger partial charge on any atom is 0.275 e. The van der Waals surface area contributed by atoms with Crippen LogP contribution in [0.5, 0.6) is 0 Å². The maximum absolute atomic E-state index is 12.1. The van der Waals surface area contributed by atoms with E-state index in [9.17, 15) is 4.79 Å². The van der Waals surface area contributed by atoms with E-state index in [1.54, 1.807) is 0 Å². The van der Waals surface area contributed by atoms with Gasteiger partial charge in [0, 0.05) is 13.1 Å². The maximum atomic E-state index is 12.1. The van der Waals surface area contributed by atoms with Crippen molar-refractivity contribution in [3.05, 3.63) is 36.7 Å². The van der Waals surface area contributed by atoms with Crippen molar-refractivity contribution in [3.63, 3.8) is 0 Å². The predicted molar refractivity (Wildman–Crippen MR) is 90.4 cm³/mol. The number of halogens is 2. The zero-order chi connectivity index (χ0) is 14.3. The van der Waals surface area contributed by atoms with Gasteiger partial charge in [0.25, 0.3) is 5.56 Å². The highest BCUT2D eigenvalue weighted by atomic mass is 127. The molecule has 104 valence electrons. The molecule has 0 unspecified atom stereocenters. The molecule has 20 heavy (non-hydrogen) atoms. The topological polar surface area (TPSA) is 76.7 Å². The molecular formula is C12H10ClIN4OS. The number of hydrogen-bond acceptors (Lipinski definition) is 4. The Hall–Kier alpha value is -0.900. The third-order valence-electron chi connectivity index (χ3n) is 2.97. The van der Waals surface area contributed by atoms with Gasteiger partial charge in [-0.3, -0.25) is 4.79 Å². The first-order chi connectivity index (χ1) is 9.65. The summed E-state index contributed by atoms with van der Waals surface area (Å²) in [7, 11) is 0. The van der Waals surface area contributed by atoms with Crippen molar-refractivity contribution in [1.82, 2.24) is 14.5 Å². The van der Waals surface area contributed by atoms with Crippen LogP contribution in [0.3, 0.4) is 0 Å². The van der Waals surface area contributed by atoms with Gasteiger partial charge in [-0.05, 0) is 34.0 Å². The molecule has 0 aliphatic heterocycles. The Morgan fingerprint density at radius 1 is 1.55 bits per heavy atom. The van der Waals surface area contributed by atoms with E-state index in [0.717, 1.165) is 14.1 Å². The molecule has 0 aromatic carbocycles. The lowest BCUT2D eigenvalue weighted by Crippen LogP contribution is -2.16. The lowest BCUT2D eigenvalue weighted by Gasteiger charge is -2.08. The summed E-state index contributed by atoms with van der Waals surface area (Å²) in [6, 6.07) is 1.85. The van der Waals surface area contributed by atoms with Crippen LogP contribution in [0.4, 0.5) is 0 Å². The second kappa shape index (κ2) is 5.47. The molecule has 3 aromatic rings. The van der Waals surface area contributed by atoms with Crippen molar-refractivity contribution in [2.75, 3.05) is 6.54 Å². The van der Waals surface area contributed by atoms with E-state index in [1.165, 1.54) is 17.7 Å². The number of nitrogens with one attached hydrogen (secondary N) is 1. The summed E-state index contributed by atoms with van der Waals surface area (Å²) in [5.74, 6) is 0. The van der Waals surface area contributed by atoms with E-state index in [2.05, 4.69) is 32.6 Å². The average Bonchev–Trinajstić information content (AvgIpc) is 2.94. The van der Waals surface area contributed by atoms with Crippen molar-refractivity contribution in [1.29, 1.82) is 0 Å². The Kier molecular flexibility index (Phi) is 3.85. The number of fused-ring (bicyclic) bond motifs is 1. The predicted octanol–water partition coefficient (Wildman–Crippen LogP) is 2.67. The Balaban J connectivity index is 2.45. The third-order valence-corrected chi connectivity index (χ3v) is 5.34. The first-order valence-electron chi connectivity index (χ1n) is 5.84. The molecule has 3 rings (SSSR count). The first-order valence-corrected chi connectivity index (χ1v) is 8.17. The number of aromatic amines is 1. The van der Waals surface area contributed by atoms with Gasteiger partial charge >= 0.3 is 0 Å². The second-order valence-corrected chi connectivity index (χ2v) is 6.53. The van der Waals surface area contributed by atoms with Crippen molar-refractivity contribution in [3.8, 4) is 10.6 Å². The fourth-order valence-corrected chi connectivity index (χ4v) is 4.53. The highest BCUT2D eigenvalue weighted by molar-refractivity contribution is 14.1. The van der Waals surface area contributed by atoms with Gasteiger partial charge in [0.2, 0.25) is 0 Å². The van der Waals surface area contributed by atoms with Gasteiger partial charge in [-0.15, -0.1) is 11.3 Å². The quantitative estimate of drug-likeness (QED) is 0.640. The van der Waals surface area contributed by atoms with Crippen LogP contribution in [0.15, 0.2) is 22.6 Å². The Morgan fingerprint density at radius 2 is 2.35 bits per heavy atom. The summed E-state index contributed by atoms with van der Waals surface area (Å²) in [4.78, 5) is 19.9. The van der Waals surface area contributed by atoms with Crippen molar-refractivity contribution in [2.45, 2.75) is 6.54 Å². The van der Waals surface area contributed by atoms with Gasteiger partial charge in [0.05, 0.1) is 25.5 Å². The van der Waals surface area contributed by atoms with E-state index >= 15 is 0 Å². The molecule has 0 aliphatic carbocycles. The standard InChI is InChI=1S/C12H10ClIN4OS/c13-6-1-4-20-11(6)9-7(14)8-10(18(9)3-2-15)12(19)17-5-16-8/h1,4-5H,2-3,15H2,(H,16,17,19). The Morgan fingerprint density at radius 3 is 3.00 bits per heavy atom. The van der Waals surface area contributed by atoms with Gasteiger partial charge in [0.1, 0.15) is 11.0 Å². The summed E-state index contributed by atoms with van der Waals surface area (Å²) in [6.07, 6.45) is 1.42. The number of aromatic nitrogens is 3. The molecular weight excluding hydrogens is 411 g/mol. The molecule has 0 saturated heterocycles. The Labute approximate surface area is 136 Å². The fraction of sp³-hybridized carbons (Fsp3) is 0.167. The molecule has 0 fully saturated rings. The minimum Gasteiger partial charge on any atom is -0.332 e. The lowest BCUT2D eigenvalue weighted by atomic mass is 10.3. The van der Waals surface area contributed by atoms with Crippen LogP contribution >= 0.6 is 45.5 Å². The molecule has 0 bridgehead atoms. The monoisotopic (exact) mass is 420 g/mol. The SMILES string of the molecule is NCCn1c(-c2sccc2Cl)c(I)c2nc[nH]c(=O)c21. The molecule has 0 spiro atoms. The van der Waals surface area contributed by atoms with Crippen molar-refractivity contribution >= 4 is 56.6 Å². The summed E-state index contributed by atoms with van der Waals surface area (Å²) >= 11 is 9.99. The number of H-pyrrole nitrogens is 1. The van der Waals surface area contributed by atoms with Gasteiger partial charge < -0.3 is 15.3 Å². The van der Waals surface area contributed by atoms with Crippen molar-refractivity contribution < 1.29 is 0 Å². The molecule has 5 nitrogen and oxygen atoms in total. The van der Waals surface area contributed by atoms with Crippen LogP contribution in [-0.4, -0.2) is 21.1 Å². The van der Waals surface area contributed by atoms with E-state index in [-0.39, 0.29) is 5.56 Å². The van der Waals surface area contributed by atoms with E-state index < -0.39 is 0 Å². The highest BCUT2D eigenvalue weighted by Crippen LogP contribution is 2.39. The smallest absolute Gasteiger partial charge is 0.275 e. The number of thiophene rings is 1. The first kappa shape index (κ1) is 14.1. The average molecular weight is 421 g/mol. The van der Waals surface area contributed by atoms with Crippen molar-refractivity contribution in [2.24, 2.45) is 5.73 Å². The molecule has 3 aromatic heterocycles. The summed E-state index contributed by atoms with van der Waals surface area (Å²) in [5, 5.41) is 2.60. The van der Waals surface area contributed by atoms with Crippen LogP contribution in [0, 0.1) is 3.57 Å². The fourth-order valence-electron chi connectivity index (χ4n) is 2.18. The summed E-state index contributed by atoms with van der Waals surface area (Å²) in [6.45, 7) is 0.974. The minimum absolute atomic E-state index is 0.166. The van der Waals surface area contributed by atoms with Crippen LogP contribution in [0.1, 0.15) is 0 Å². The van der Waals surface area contributed by atoms with Gasteiger partial charge in [-0.2, -0.15) is 0 Å². The van der Waals surface area contributed by atoms with E-state index in [4.69, 9.17) is 17.3 Å². The molecule has 3 heterocycles. The summed E-state index contributed by atoms with van der Waals surface area (Å²) < 4.78 is 2.82. The van der Waals surface area contributed by atoms with E-state index in [0.29, 0.717) is 29.1 Å². The third kappa shape index (κ3) is 2.09. The molecule has 8 heteroatoms. The normalized spacial score (nSPS) is 11.3. The number of nitrogens with zero attached hydrogens (tertiary/aromatic N) is 2. The molecule has 0 aliphatic rings. The minimum atomic E-state index is -0.166.